The van der Waals surface area contributed by atoms with Gasteiger partial charge >= 0.3 is 0 Å². The van der Waals surface area contributed by atoms with Gasteiger partial charge in [-0.15, -0.1) is 11.8 Å². The van der Waals surface area contributed by atoms with Crippen LogP contribution in [0.25, 0.3) is 5.78 Å². The number of benzene rings is 1. The molecular formula is C17H18N4S. The summed E-state index contributed by atoms with van der Waals surface area (Å²) < 4.78 is 1.94. The van der Waals surface area contributed by atoms with Gasteiger partial charge in [0, 0.05) is 22.9 Å². The molecule has 5 heteroatoms. The van der Waals surface area contributed by atoms with Gasteiger partial charge in [0.2, 0.25) is 0 Å². The molecule has 0 amide bonds. The monoisotopic (exact) mass is 310 g/mol. The van der Waals surface area contributed by atoms with Crippen molar-refractivity contribution in [3.8, 4) is 0 Å². The van der Waals surface area contributed by atoms with Gasteiger partial charge in [0.1, 0.15) is 6.33 Å². The highest BCUT2D eigenvalue weighted by molar-refractivity contribution is 7.98. The second kappa shape index (κ2) is 5.39. The van der Waals surface area contributed by atoms with Crippen LogP contribution in [-0.4, -0.2) is 25.8 Å². The molecule has 0 aliphatic heterocycles. The molecule has 1 aliphatic carbocycles. The SMILES string of the molecule is CSc1ccc(Cc2c(C)nc3ncnn3c2C2CC2)cc1. The van der Waals surface area contributed by atoms with E-state index in [1.165, 1.54) is 34.6 Å². The van der Waals surface area contributed by atoms with Crippen LogP contribution in [-0.2, 0) is 6.42 Å². The normalized spacial score (nSPS) is 14.6. The highest BCUT2D eigenvalue weighted by Crippen LogP contribution is 2.42. The molecule has 0 atom stereocenters. The molecule has 1 aliphatic rings. The van der Waals surface area contributed by atoms with E-state index in [2.05, 4.69) is 52.5 Å². The Bertz CT molecular complexity index is 819. The minimum absolute atomic E-state index is 0.617. The van der Waals surface area contributed by atoms with E-state index in [9.17, 15) is 0 Å². The van der Waals surface area contributed by atoms with E-state index in [0.717, 1.165) is 17.9 Å². The molecule has 1 aromatic carbocycles. The van der Waals surface area contributed by atoms with Crippen molar-refractivity contribution in [3.05, 3.63) is 53.1 Å². The number of rotatable bonds is 4. The lowest BCUT2D eigenvalue weighted by atomic mass is 10.00. The molecule has 22 heavy (non-hydrogen) atoms. The van der Waals surface area contributed by atoms with Crippen LogP contribution in [0.15, 0.2) is 35.5 Å². The second-order valence-electron chi connectivity index (χ2n) is 5.83. The molecule has 0 radical (unpaired) electrons. The van der Waals surface area contributed by atoms with E-state index >= 15 is 0 Å². The summed E-state index contributed by atoms with van der Waals surface area (Å²) in [5.74, 6) is 1.34. The van der Waals surface area contributed by atoms with Gasteiger partial charge in [-0.2, -0.15) is 10.1 Å². The zero-order valence-electron chi connectivity index (χ0n) is 12.8. The standard InChI is InChI=1S/C17H18N4S/c1-11-15(9-12-3-7-14(22-2)8-4-12)16(13-5-6-13)21-17(20-11)18-10-19-21/h3-4,7-8,10,13H,5-6,9H2,1-2H3. The van der Waals surface area contributed by atoms with Crippen molar-refractivity contribution in [2.45, 2.75) is 37.0 Å². The van der Waals surface area contributed by atoms with E-state index in [0.29, 0.717) is 5.92 Å². The molecule has 0 saturated heterocycles. The summed E-state index contributed by atoms with van der Waals surface area (Å²) in [7, 11) is 0. The van der Waals surface area contributed by atoms with Gasteiger partial charge in [-0.1, -0.05) is 12.1 Å². The fourth-order valence-corrected chi connectivity index (χ4v) is 3.36. The van der Waals surface area contributed by atoms with Crippen LogP contribution in [0.2, 0.25) is 0 Å². The smallest absolute Gasteiger partial charge is 0.216 e. The molecule has 1 saturated carbocycles. The van der Waals surface area contributed by atoms with E-state index in [4.69, 9.17) is 0 Å². The highest BCUT2D eigenvalue weighted by Gasteiger charge is 2.30. The number of nitrogens with zero attached hydrogens (tertiary/aromatic N) is 4. The lowest BCUT2D eigenvalue weighted by molar-refractivity contribution is 0.807. The van der Waals surface area contributed by atoms with Gasteiger partial charge in [-0.05, 0) is 49.3 Å². The highest BCUT2D eigenvalue weighted by atomic mass is 32.2. The maximum atomic E-state index is 4.62. The molecule has 0 spiro atoms. The Hall–Kier alpha value is -1.88. The molecule has 4 rings (SSSR count). The third-order valence-electron chi connectivity index (χ3n) is 4.28. The summed E-state index contributed by atoms with van der Waals surface area (Å²) in [4.78, 5) is 10.2. The molecule has 0 bridgehead atoms. The van der Waals surface area contributed by atoms with Crippen molar-refractivity contribution in [3.63, 3.8) is 0 Å². The first-order chi connectivity index (χ1) is 10.8. The van der Waals surface area contributed by atoms with Crippen LogP contribution >= 0.6 is 11.8 Å². The molecule has 0 unspecified atom stereocenters. The molecule has 2 heterocycles. The van der Waals surface area contributed by atoms with Crippen LogP contribution in [0.5, 0.6) is 0 Å². The van der Waals surface area contributed by atoms with Gasteiger partial charge in [0.15, 0.2) is 0 Å². The second-order valence-corrected chi connectivity index (χ2v) is 6.71. The molecule has 0 N–H and O–H groups in total. The van der Waals surface area contributed by atoms with Crippen LogP contribution in [0.1, 0.15) is 41.3 Å². The van der Waals surface area contributed by atoms with E-state index < -0.39 is 0 Å². The van der Waals surface area contributed by atoms with Crippen molar-refractivity contribution in [1.29, 1.82) is 0 Å². The Labute approximate surface area is 134 Å². The van der Waals surface area contributed by atoms with Gasteiger partial charge in [-0.25, -0.2) is 9.50 Å². The lowest BCUT2D eigenvalue weighted by Gasteiger charge is -2.13. The number of aryl methyl sites for hydroxylation is 1. The Morgan fingerprint density at radius 3 is 2.68 bits per heavy atom. The summed E-state index contributed by atoms with van der Waals surface area (Å²) in [6.07, 6.45) is 7.11. The maximum absolute atomic E-state index is 4.62. The number of aromatic nitrogens is 4. The Morgan fingerprint density at radius 1 is 1.23 bits per heavy atom. The lowest BCUT2D eigenvalue weighted by Crippen LogP contribution is -2.09. The van der Waals surface area contributed by atoms with Crippen molar-refractivity contribution in [2.75, 3.05) is 6.26 Å². The van der Waals surface area contributed by atoms with Crippen LogP contribution in [0, 0.1) is 6.92 Å². The first-order valence-electron chi connectivity index (χ1n) is 7.58. The van der Waals surface area contributed by atoms with Gasteiger partial charge in [0.25, 0.3) is 5.78 Å². The van der Waals surface area contributed by atoms with E-state index in [1.807, 2.05) is 4.52 Å². The first-order valence-corrected chi connectivity index (χ1v) is 8.81. The molecule has 112 valence electrons. The summed E-state index contributed by atoms with van der Waals surface area (Å²) >= 11 is 1.77. The molecule has 4 nitrogen and oxygen atoms in total. The topological polar surface area (TPSA) is 43.1 Å². The van der Waals surface area contributed by atoms with E-state index in [1.54, 1.807) is 18.1 Å². The Morgan fingerprint density at radius 2 is 2.00 bits per heavy atom. The van der Waals surface area contributed by atoms with E-state index in [-0.39, 0.29) is 0 Å². The molecule has 1 fully saturated rings. The third-order valence-corrected chi connectivity index (χ3v) is 5.02. The van der Waals surface area contributed by atoms with Crippen molar-refractivity contribution < 1.29 is 0 Å². The predicted octanol–water partition coefficient (Wildman–Crippen LogP) is 3.62. The number of thioether (sulfide) groups is 1. The average molecular weight is 310 g/mol. The van der Waals surface area contributed by atoms with Crippen molar-refractivity contribution >= 4 is 17.5 Å². The minimum Gasteiger partial charge on any atom is -0.216 e. The molecule has 2 aromatic heterocycles. The van der Waals surface area contributed by atoms with Crippen LogP contribution in [0.3, 0.4) is 0 Å². The average Bonchev–Trinajstić information content (AvgIpc) is 3.27. The zero-order chi connectivity index (χ0) is 15.1. The number of hydrogen-bond acceptors (Lipinski definition) is 4. The fourth-order valence-electron chi connectivity index (χ4n) is 2.95. The van der Waals surface area contributed by atoms with Gasteiger partial charge in [-0.3, -0.25) is 0 Å². The maximum Gasteiger partial charge on any atom is 0.252 e. The third kappa shape index (κ3) is 2.39. The number of hydrogen-bond donors (Lipinski definition) is 0. The zero-order valence-corrected chi connectivity index (χ0v) is 13.6. The predicted molar refractivity (Wildman–Crippen MR) is 88.5 cm³/mol. The summed E-state index contributed by atoms with van der Waals surface area (Å²) in [5.41, 5.74) is 5.03. The molecule has 3 aromatic rings. The minimum atomic E-state index is 0.617. The summed E-state index contributed by atoms with van der Waals surface area (Å²) in [6.45, 7) is 2.09. The van der Waals surface area contributed by atoms with Crippen molar-refractivity contribution in [2.24, 2.45) is 0 Å². The molecular weight excluding hydrogens is 292 g/mol. The van der Waals surface area contributed by atoms with Crippen LogP contribution in [0.4, 0.5) is 0 Å². The Balaban J connectivity index is 1.79. The fraction of sp³-hybridized carbons (Fsp3) is 0.353. The Kier molecular flexibility index (Phi) is 3.37. The quantitative estimate of drug-likeness (QED) is 0.690. The van der Waals surface area contributed by atoms with Gasteiger partial charge in [0.05, 0.1) is 5.69 Å². The first kappa shape index (κ1) is 13.8. The number of fused-ring (bicyclic) bond motifs is 1. The van der Waals surface area contributed by atoms with Gasteiger partial charge < -0.3 is 0 Å². The van der Waals surface area contributed by atoms with Crippen molar-refractivity contribution in [1.82, 2.24) is 19.6 Å². The van der Waals surface area contributed by atoms with Crippen LogP contribution < -0.4 is 0 Å². The summed E-state index contributed by atoms with van der Waals surface area (Å²) in [5, 5.41) is 4.39. The summed E-state index contributed by atoms with van der Waals surface area (Å²) in [6, 6.07) is 8.81. The largest absolute Gasteiger partial charge is 0.252 e.